The highest BCUT2D eigenvalue weighted by Gasteiger charge is 2.33. The number of nitrogens with one attached hydrogen (secondary N) is 1. The van der Waals surface area contributed by atoms with E-state index in [-0.39, 0.29) is 24.3 Å². The molecule has 0 unspecified atom stereocenters. The van der Waals surface area contributed by atoms with Gasteiger partial charge in [-0.15, -0.1) is 0 Å². The van der Waals surface area contributed by atoms with Gasteiger partial charge in [-0.25, -0.2) is 0 Å². The maximum Gasteiger partial charge on any atom is 0.276 e. The van der Waals surface area contributed by atoms with Crippen LogP contribution < -0.4 is 5.32 Å². The second-order valence-electron chi connectivity index (χ2n) is 6.37. The van der Waals surface area contributed by atoms with Gasteiger partial charge in [0.1, 0.15) is 5.76 Å². The van der Waals surface area contributed by atoms with Crippen LogP contribution in [0.25, 0.3) is 0 Å². The Hall–Kier alpha value is -2.64. The monoisotopic (exact) mass is 329 g/mol. The van der Waals surface area contributed by atoms with Gasteiger partial charge in [-0.2, -0.15) is 5.10 Å². The molecule has 1 saturated carbocycles. The standard InChI is InChI=1S/C16H19N5O3/c1-17-15(22)6-12-9-20(8-11-4-5-18-21(11)12)16(23)13-7-14(24-19-13)10-2-3-10/h4-5,7,10,12H,2-3,6,8-9H2,1H3,(H,17,22)/t12-/m0/s1. The fourth-order valence-corrected chi connectivity index (χ4v) is 3.12. The van der Waals surface area contributed by atoms with Crippen LogP contribution in [-0.2, 0) is 11.3 Å². The molecule has 0 saturated heterocycles. The van der Waals surface area contributed by atoms with Crippen LogP contribution in [0, 0.1) is 0 Å². The zero-order valence-corrected chi connectivity index (χ0v) is 13.4. The zero-order valence-electron chi connectivity index (χ0n) is 13.4. The zero-order chi connectivity index (χ0) is 16.7. The van der Waals surface area contributed by atoms with Crippen LogP contribution in [0.2, 0.25) is 0 Å². The van der Waals surface area contributed by atoms with Crippen molar-refractivity contribution in [3.63, 3.8) is 0 Å². The summed E-state index contributed by atoms with van der Waals surface area (Å²) in [4.78, 5) is 26.2. The van der Waals surface area contributed by atoms with Crippen LogP contribution >= 0.6 is 0 Å². The van der Waals surface area contributed by atoms with Crippen LogP contribution in [0.3, 0.4) is 0 Å². The van der Waals surface area contributed by atoms with Crippen molar-refractivity contribution in [1.29, 1.82) is 0 Å². The Morgan fingerprint density at radius 2 is 2.25 bits per heavy atom. The molecule has 1 N–H and O–H groups in total. The predicted octanol–water partition coefficient (Wildman–Crippen LogP) is 1.08. The van der Waals surface area contributed by atoms with E-state index in [1.54, 1.807) is 24.2 Å². The molecule has 0 aromatic carbocycles. The van der Waals surface area contributed by atoms with Gasteiger partial charge in [0.25, 0.3) is 5.91 Å². The van der Waals surface area contributed by atoms with Crippen molar-refractivity contribution in [2.24, 2.45) is 0 Å². The summed E-state index contributed by atoms with van der Waals surface area (Å²) in [6.45, 7) is 0.876. The fourth-order valence-electron chi connectivity index (χ4n) is 3.12. The number of hydrogen-bond acceptors (Lipinski definition) is 5. The Kier molecular flexibility index (Phi) is 3.59. The van der Waals surface area contributed by atoms with Crippen molar-refractivity contribution in [2.75, 3.05) is 13.6 Å². The number of aromatic nitrogens is 3. The van der Waals surface area contributed by atoms with E-state index >= 15 is 0 Å². The molecule has 8 heteroatoms. The van der Waals surface area contributed by atoms with Crippen molar-refractivity contribution in [3.8, 4) is 0 Å². The molecule has 1 aliphatic heterocycles. The number of carbonyl (C=O) groups is 2. The van der Waals surface area contributed by atoms with Gasteiger partial charge in [-0.3, -0.25) is 14.3 Å². The van der Waals surface area contributed by atoms with Gasteiger partial charge in [0.15, 0.2) is 5.69 Å². The summed E-state index contributed by atoms with van der Waals surface area (Å²) in [5, 5.41) is 10.8. The number of fused-ring (bicyclic) bond motifs is 1. The summed E-state index contributed by atoms with van der Waals surface area (Å²) in [5.74, 6) is 0.971. The Morgan fingerprint density at radius 3 is 3.00 bits per heavy atom. The van der Waals surface area contributed by atoms with Crippen molar-refractivity contribution in [3.05, 3.63) is 35.5 Å². The highest BCUT2D eigenvalue weighted by molar-refractivity contribution is 5.92. The van der Waals surface area contributed by atoms with E-state index in [4.69, 9.17) is 4.52 Å². The van der Waals surface area contributed by atoms with Crippen LogP contribution in [0.1, 0.15) is 53.2 Å². The lowest BCUT2D eigenvalue weighted by Gasteiger charge is -2.33. The van der Waals surface area contributed by atoms with E-state index in [0.29, 0.717) is 24.7 Å². The molecule has 4 rings (SSSR count). The molecule has 2 aromatic rings. The smallest absolute Gasteiger partial charge is 0.276 e. The van der Waals surface area contributed by atoms with Crippen molar-refractivity contribution >= 4 is 11.8 Å². The first-order valence-corrected chi connectivity index (χ1v) is 8.14. The van der Waals surface area contributed by atoms with Crippen LogP contribution in [0.4, 0.5) is 0 Å². The van der Waals surface area contributed by atoms with E-state index in [2.05, 4.69) is 15.6 Å². The van der Waals surface area contributed by atoms with E-state index in [0.717, 1.165) is 24.3 Å². The molecule has 2 aromatic heterocycles. The molecule has 3 heterocycles. The van der Waals surface area contributed by atoms with Crippen LogP contribution in [-0.4, -0.2) is 45.2 Å². The minimum Gasteiger partial charge on any atom is -0.360 e. The number of amides is 2. The molecule has 0 bridgehead atoms. The van der Waals surface area contributed by atoms with Gasteiger partial charge >= 0.3 is 0 Å². The molecule has 2 aliphatic rings. The quantitative estimate of drug-likeness (QED) is 0.906. The topological polar surface area (TPSA) is 93.3 Å². The average Bonchev–Trinajstić information content (AvgIpc) is 3.12. The lowest BCUT2D eigenvalue weighted by molar-refractivity contribution is -0.121. The molecule has 24 heavy (non-hydrogen) atoms. The summed E-state index contributed by atoms with van der Waals surface area (Å²) >= 11 is 0. The first-order valence-electron chi connectivity index (χ1n) is 8.14. The van der Waals surface area contributed by atoms with E-state index in [1.165, 1.54) is 0 Å². The minimum atomic E-state index is -0.178. The summed E-state index contributed by atoms with van der Waals surface area (Å²) in [6, 6.07) is 3.44. The highest BCUT2D eigenvalue weighted by Crippen LogP contribution is 2.40. The Balaban J connectivity index is 1.54. The van der Waals surface area contributed by atoms with E-state index in [9.17, 15) is 9.59 Å². The second kappa shape index (κ2) is 5.77. The molecule has 126 valence electrons. The summed E-state index contributed by atoms with van der Waals surface area (Å²) in [7, 11) is 1.60. The lowest BCUT2D eigenvalue weighted by Crippen LogP contribution is -2.42. The highest BCUT2D eigenvalue weighted by atomic mass is 16.5. The first kappa shape index (κ1) is 14.9. The lowest BCUT2D eigenvalue weighted by atomic mass is 10.1. The normalized spacial score (nSPS) is 19.9. The van der Waals surface area contributed by atoms with E-state index < -0.39 is 0 Å². The van der Waals surface area contributed by atoms with Gasteiger partial charge in [0, 0.05) is 31.8 Å². The fraction of sp³-hybridized carbons (Fsp3) is 0.500. The molecule has 0 radical (unpaired) electrons. The molecular formula is C16H19N5O3. The third kappa shape index (κ3) is 2.68. The maximum absolute atomic E-state index is 12.8. The Bertz CT molecular complexity index is 776. The SMILES string of the molecule is CNC(=O)C[C@H]1CN(C(=O)c2cc(C3CC3)on2)Cc2ccnn21. The van der Waals surface area contributed by atoms with Gasteiger partial charge in [-0.05, 0) is 18.9 Å². The predicted molar refractivity (Wildman–Crippen MR) is 83.2 cm³/mol. The summed E-state index contributed by atoms with van der Waals surface area (Å²) in [5.41, 5.74) is 1.25. The number of hydrogen-bond donors (Lipinski definition) is 1. The van der Waals surface area contributed by atoms with Crippen molar-refractivity contribution in [1.82, 2.24) is 25.2 Å². The van der Waals surface area contributed by atoms with Gasteiger partial charge < -0.3 is 14.7 Å². The first-order chi connectivity index (χ1) is 11.7. The molecule has 8 nitrogen and oxygen atoms in total. The van der Waals surface area contributed by atoms with Gasteiger partial charge in [0.2, 0.25) is 5.91 Å². The van der Waals surface area contributed by atoms with Crippen LogP contribution in [0.5, 0.6) is 0 Å². The third-order valence-corrected chi connectivity index (χ3v) is 4.60. The molecular weight excluding hydrogens is 310 g/mol. The minimum absolute atomic E-state index is 0.0757. The summed E-state index contributed by atoms with van der Waals surface area (Å²) < 4.78 is 7.12. The molecule has 0 spiro atoms. The molecule has 1 atom stereocenters. The average molecular weight is 329 g/mol. The van der Waals surface area contributed by atoms with Gasteiger partial charge in [0.05, 0.1) is 24.7 Å². The second-order valence-corrected chi connectivity index (χ2v) is 6.37. The third-order valence-electron chi connectivity index (χ3n) is 4.60. The van der Waals surface area contributed by atoms with Crippen molar-refractivity contribution in [2.45, 2.75) is 37.8 Å². The number of rotatable bonds is 4. The van der Waals surface area contributed by atoms with Crippen LogP contribution in [0.15, 0.2) is 22.9 Å². The van der Waals surface area contributed by atoms with E-state index in [1.807, 2.05) is 10.7 Å². The Morgan fingerprint density at radius 1 is 1.42 bits per heavy atom. The molecule has 2 amide bonds. The number of nitrogens with zero attached hydrogens (tertiary/aromatic N) is 4. The summed E-state index contributed by atoms with van der Waals surface area (Å²) in [6.07, 6.45) is 4.17. The Labute approximate surface area is 138 Å². The molecule has 1 aliphatic carbocycles. The van der Waals surface area contributed by atoms with Gasteiger partial charge in [-0.1, -0.05) is 5.16 Å². The maximum atomic E-state index is 12.8. The largest absolute Gasteiger partial charge is 0.360 e. The molecule has 1 fully saturated rings. The van der Waals surface area contributed by atoms with Crippen molar-refractivity contribution < 1.29 is 14.1 Å². The number of carbonyl (C=O) groups excluding carboxylic acids is 2.